The lowest BCUT2D eigenvalue weighted by atomic mass is 10.0. The predicted molar refractivity (Wildman–Crippen MR) is 67.8 cm³/mol. The number of carbonyl (C=O) groups excluding carboxylic acids is 1. The van der Waals surface area contributed by atoms with E-state index in [1.165, 1.54) is 18.7 Å². The second-order valence-electron chi connectivity index (χ2n) is 4.70. The van der Waals surface area contributed by atoms with Crippen LogP contribution in [0.25, 0.3) is 0 Å². The van der Waals surface area contributed by atoms with Gasteiger partial charge in [0.1, 0.15) is 6.54 Å². The Balaban J connectivity index is 2.73. The molecule has 1 aromatic heterocycles. The third kappa shape index (κ3) is 3.78. The predicted octanol–water partition coefficient (Wildman–Crippen LogP) is 0.106. The first kappa shape index (κ1) is 15.2. The Morgan fingerprint density at radius 2 is 2.16 bits per heavy atom. The molecule has 0 saturated carbocycles. The standard InChI is InChI=1S/C12H19N3O4/c1-8-5-9(2)15(14-8)6-10(16)13-12(3,7-19-4)11(17)18/h5H,6-7H2,1-4H3,(H,13,16)(H,17,18). The van der Waals surface area contributed by atoms with Crippen LogP contribution < -0.4 is 5.32 Å². The van der Waals surface area contributed by atoms with Gasteiger partial charge < -0.3 is 15.2 Å². The van der Waals surface area contributed by atoms with Crippen LogP contribution in [0.4, 0.5) is 0 Å². The number of methoxy groups -OCH3 is 1. The quantitative estimate of drug-likeness (QED) is 0.764. The average Bonchev–Trinajstić information content (AvgIpc) is 2.57. The Bertz CT molecular complexity index is 483. The van der Waals surface area contributed by atoms with Crippen LogP contribution in [0, 0.1) is 13.8 Å². The first-order valence-corrected chi connectivity index (χ1v) is 5.83. The average molecular weight is 269 g/mol. The normalized spacial score (nSPS) is 13.9. The van der Waals surface area contributed by atoms with Gasteiger partial charge >= 0.3 is 5.97 Å². The molecule has 0 fully saturated rings. The maximum absolute atomic E-state index is 11.9. The van der Waals surface area contributed by atoms with Crippen molar-refractivity contribution in [3.63, 3.8) is 0 Å². The van der Waals surface area contributed by atoms with Gasteiger partial charge in [-0.05, 0) is 26.8 Å². The molecular weight excluding hydrogens is 250 g/mol. The molecule has 1 heterocycles. The fourth-order valence-electron chi connectivity index (χ4n) is 1.76. The molecule has 1 amide bonds. The molecule has 1 atom stereocenters. The van der Waals surface area contributed by atoms with E-state index >= 15 is 0 Å². The molecule has 0 spiro atoms. The molecule has 2 N–H and O–H groups in total. The molecule has 0 saturated heterocycles. The number of nitrogens with zero attached hydrogens (tertiary/aromatic N) is 2. The third-order valence-corrected chi connectivity index (χ3v) is 2.72. The summed E-state index contributed by atoms with van der Waals surface area (Å²) in [6.45, 7) is 4.93. The number of rotatable bonds is 6. The minimum atomic E-state index is -1.44. The Labute approximate surface area is 111 Å². The van der Waals surface area contributed by atoms with Gasteiger partial charge in [0, 0.05) is 12.8 Å². The van der Waals surface area contributed by atoms with Gasteiger partial charge in [0.2, 0.25) is 5.91 Å². The highest BCUT2D eigenvalue weighted by atomic mass is 16.5. The highest BCUT2D eigenvalue weighted by Gasteiger charge is 2.35. The lowest BCUT2D eigenvalue weighted by Crippen LogP contribution is -2.56. The number of carbonyl (C=O) groups is 2. The highest BCUT2D eigenvalue weighted by Crippen LogP contribution is 2.06. The van der Waals surface area contributed by atoms with Crippen LogP contribution in [0.15, 0.2) is 6.07 Å². The molecule has 0 radical (unpaired) electrons. The van der Waals surface area contributed by atoms with Crippen LogP contribution in [-0.4, -0.2) is 46.0 Å². The van der Waals surface area contributed by atoms with Gasteiger partial charge in [-0.3, -0.25) is 9.48 Å². The van der Waals surface area contributed by atoms with Crippen LogP contribution >= 0.6 is 0 Å². The summed E-state index contributed by atoms with van der Waals surface area (Å²) in [4.78, 5) is 23.0. The number of aromatic nitrogens is 2. The van der Waals surface area contributed by atoms with Crippen LogP contribution in [-0.2, 0) is 20.9 Å². The smallest absolute Gasteiger partial charge is 0.331 e. The second-order valence-corrected chi connectivity index (χ2v) is 4.70. The molecule has 7 heteroatoms. The number of aliphatic carboxylic acids is 1. The fourth-order valence-corrected chi connectivity index (χ4v) is 1.76. The van der Waals surface area contributed by atoms with E-state index in [0.717, 1.165) is 11.4 Å². The van der Waals surface area contributed by atoms with E-state index in [-0.39, 0.29) is 13.2 Å². The molecule has 0 aromatic carbocycles. The molecule has 106 valence electrons. The molecule has 0 aliphatic heterocycles. The van der Waals surface area contributed by atoms with E-state index in [9.17, 15) is 9.59 Å². The van der Waals surface area contributed by atoms with Crippen molar-refractivity contribution in [2.45, 2.75) is 32.9 Å². The molecule has 1 unspecified atom stereocenters. The summed E-state index contributed by atoms with van der Waals surface area (Å²) >= 11 is 0. The summed E-state index contributed by atoms with van der Waals surface area (Å²) < 4.78 is 6.36. The summed E-state index contributed by atoms with van der Waals surface area (Å²) in [5.74, 6) is -1.57. The molecular formula is C12H19N3O4. The zero-order valence-electron chi connectivity index (χ0n) is 11.6. The monoisotopic (exact) mass is 269 g/mol. The lowest BCUT2D eigenvalue weighted by Gasteiger charge is -2.25. The fraction of sp³-hybridized carbons (Fsp3) is 0.583. The summed E-state index contributed by atoms with van der Waals surface area (Å²) in [5.41, 5.74) is 0.210. The number of aryl methyl sites for hydroxylation is 2. The minimum Gasteiger partial charge on any atom is -0.479 e. The minimum absolute atomic E-state index is 0.0216. The van der Waals surface area contributed by atoms with Crippen molar-refractivity contribution in [3.05, 3.63) is 17.5 Å². The van der Waals surface area contributed by atoms with Crippen LogP contribution in [0.3, 0.4) is 0 Å². The number of amides is 1. The first-order valence-electron chi connectivity index (χ1n) is 5.83. The van der Waals surface area contributed by atoms with Gasteiger partial charge in [0.25, 0.3) is 0 Å². The SMILES string of the molecule is COCC(C)(NC(=O)Cn1nc(C)cc1C)C(=O)O. The molecule has 19 heavy (non-hydrogen) atoms. The molecule has 1 rings (SSSR count). The first-order chi connectivity index (χ1) is 8.78. The van der Waals surface area contributed by atoms with E-state index in [1.54, 1.807) is 0 Å². The molecule has 1 aromatic rings. The third-order valence-electron chi connectivity index (χ3n) is 2.72. The maximum Gasteiger partial charge on any atom is 0.331 e. The zero-order chi connectivity index (χ0) is 14.6. The maximum atomic E-state index is 11.9. The Kier molecular flexibility index (Phi) is 4.66. The number of carboxylic acids is 1. The Morgan fingerprint density at radius 3 is 2.58 bits per heavy atom. The largest absolute Gasteiger partial charge is 0.479 e. The summed E-state index contributed by atoms with van der Waals surface area (Å²) in [6.07, 6.45) is 0. The van der Waals surface area contributed by atoms with E-state index < -0.39 is 17.4 Å². The summed E-state index contributed by atoms with van der Waals surface area (Å²) in [7, 11) is 1.38. The van der Waals surface area contributed by atoms with Gasteiger partial charge in [-0.2, -0.15) is 5.10 Å². The van der Waals surface area contributed by atoms with Crippen molar-refractivity contribution < 1.29 is 19.4 Å². The van der Waals surface area contributed by atoms with Crippen molar-refractivity contribution in [1.29, 1.82) is 0 Å². The molecule has 0 aliphatic carbocycles. The molecule has 0 aliphatic rings. The van der Waals surface area contributed by atoms with Gasteiger partial charge in [-0.1, -0.05) is 0 Å². The van der Waals surface area contributed by atoms with Crippen molar-refractivity contribution in [2.75, 3.05) is 13.7 Å². The van der Waals surface area contributed by atoms with Gasteiger partial charge in [-0.25, -0.2) is 4.79 Å². The van der Waals surface area contributed by atoms with Crippen molar-refractivity contribution in [3.8, 4) is 0 Å². The summed E-state index contributed by atoms with van der Waals surface area (Å²) in [6, 6.07) is 1.85. The lowest BCUT2D eigenvalue weighted by molar-refractivity contribution is -0.149. The van der Waals surface area contributed by atoms with E-state index in [1.807, 2.05) is 19.9 Å². The van der Waals surface area contributed by atoms with Crippen LogP contribution in [0.1, 0.15) is 18.3 Å². The summed E-state index contributed by atoms with van der Waals surface area (Å²) in [5, 5.41) is 15.7. The van der Waals surface area contributed by atoms with Gasteiger partial charge in [-0.15, -0.1) is 0 Å². The number of nitrogens with one attached hydrogen (secondary N) is 1. The van der Waals surface area contributed by atoms with Crippen molar-refractivity contribution >= 4 is 11.9 Å². The van der Waals surface area contributed by atoms with Crippen LogP contribution in [0.5, 0.6) is 0 Å². The van der Waals surface area contributed by atoms with Crippen molar-refractivity contribution in [1.82, 2.24) is 15.1 Å². The number of hydrogen-bond donors (Lipinski definition) is 2. The number of ether oxygens (including phenoxy) is 1. The van der Waals surface area contributed by atoms with E-state index in [2.05, 4.69) is 10.4 Å². The van der Waals surface area contributed by atoms with Crippen molar-refractivity contribution in [2.24, 2.45) is 0 Å². The highest BCUT2D eigenvalue weighted by molar-refractivity contribution is 5.86. The van der Waals surface area contributed by atoms with E-state index in [4.69, 9.17) is 9.84 Å². The zero-order valence-corrected chi connectivity index (χ0v) is 11.6. The van der Waals surface area contributed by atoms with Crippen LogP contribution in [0.2, 0.25) is 0 Å². The second kappa shape index (κ2) is 5.83. The molecule has 0 bridgehead atoms. The Hall–Kier alpha value is -1.89. The molecule has 7 nitrogen and oxygen atoms in total. The topological polar surface area (TPSA) is 93.5 Å². The number of hydrogen-bond acceptors (Lipinski definition) is 4. The Morgan fingerprint density at radius 1 is 1.53 bits per heavy atom. The van der Waals surface area contributed by atoms with Gasteiger partial charge in [0.05, 0.1) is 12.3 Å². The van der Waals surface area contributed by atoms with E-state index in [0.29, 0.717) is 0 Å². The number of carboxylic acid groups (broad SMARTS) is 1. The van der Waals surface area contributed by atoms with Gasteiger partial charge in [0.15, 0.2) is 5.54 Å².